The van der Waals surface area contributed by atoms with Gasteiger partial charge in [-0.05, 0) is 62.7 Å². The van der Waals surface area contributed by atoms with Gasteiger partial charge in [-0.3, -0.25) is 9.69 Å². The first kappa shape index (κ1) is 17.7. The van der Waals surface area contributed by atoms with Crippen LogP contribution in [0.1, 0.15) is 37.7 Å². The molecule has 1 heterocycles. The topological polar surface area (TPSA) is 58.4 Å². The number of halogens is 1. The van der Waals surface area contributed by atoms with Crippen LogP contribution in [0.5, 0.6) is 0 Å². The molecule has 0 radical (unpaired) electrons. The van der Waals surface area contributed by atoms with Crippen molar-refractivity contribution in [2.24, 2.45) is 17.6 Å². The SMILES string of the molecule is N[C@@H]1CC[C@H](C(=O)NCC2CCN(Cc3ccccc3Cl)CC2)C1. The summed E-state index contributed by atoms with van der Waals surface area (Å²) in [6, 6.07) is 8.28. The summed E-state index contributed by atoms with van der Waals surface area (Å²) < 4.78 is 0. The molecule has 1 amide bonds. The molecule has 0 aromatic heterocycles. The number of rotatable bonds is 5. The Hall–Kier alpha value is -1.10. The van der Waals surface area contributed by atoms with Crippen molar-refractivity contribution in [3.8, 4) is 0 Å². The maximum atomic E-state index is 12.2. The molecule has 1 saturated carbocycles. The van der Waals surface area contributed by atoms with Crippen LogP contribution in [-0.4, -0.2) is 36.5 Å². The van der Waals surface area contributed by atoms with E-state index >= 15 is 0 Å². The molecule has 3 rings (SSSR count). The van der Waals surface area contributed by atoms with Crippen LogP contribution < -0.4 is 11.1 Å². The highest BCUT2D eigenvalue weighted by molar-refractivity contribution is 6.31. The van der Waals surface area contributed by atoms with Gasteiger partial charge >= 0.3 is 0 Å². The standard InChI is InChI=1S/C19H28ClN3O/c20-18-4-2-1-3-16(18)13-23-9-7-14(8-10-23)12-22-19(24)15-5-6-17(21)11-15/h1-4,14-15,17H,5-13,21H2,(H,22,24)/t15-,17+/m0/s1. The second-order valence-corrected chi connectivity index (χ2v) is 7.73. The van der Waals surface area contributed by atoms with Crippen molar-refractivity contribution in [3.05, 3.63) is 34.9 Å². The molecule has 1 aliphatic carbocycles. The molecule has 0 bridgehead atoms. The molecule has 0 unspecified atom stereocenters. The lowest BCUT2D eigenvalue weighted by Gasteiger charge is -2.32. The van der Waals surface area contributed by atoms with Crippen molar-refractivity contribution in [1.29, 1.82) is 0 Å². The molecule has 132 valence electrons. The number of piperidine rings is 1. The minimum atomic E-state index is 0.139. The van der Waals surface area contributed by atoms with Gasteiger partial charge in [-0.2, -0.15) is 0 Å². The summed E-state index contributed by atoms with van der Waals surface area (Å²) in [5, 5.41) is 4.00. The van der Waals surface area contributed by atoms with E-state index in [0.29, 0.717) is 5.92 Å². The Labute approximate surface area is 149 Å². The maximum absolute atomic E-state index is 12.2. The number of amides is 1. The third kappa shape index (κ3) is 4.71. The molecule has 1 aliphatic heterocycles. The Morgan fingerprint density at radius 2 is 1.96 bits per heavy atom. The van der Waals surface area contributed by atoms with Crippen LogP contribution in [0.25, 0.3) is 0 Å². The number of benzene rings is 1. The molecule has 1 saturated heterocycles. The molecule has 5 heteroatoms. The average Bonchev–Trinajstić information content (AvgIpc) is 3.03. The first-order chi connectivity index (χ1) is 11.6. The van der Waals surface area contributed by atoms with E-state index in [0.717, 1.165) is 63.3 Å². The van der Waals surface area contributed by atoms with E-state index in [2.05, 4.69) is 16.3 Å². The Morgan fingerprint density at radius 1 is 1.21 bits per heavy atom. The number of carbonyl (C=O) groups is 1. The van der Waals surface area contributed by atoms with Gasteiger partial charge in [0.05, 0.1) is 0 Å². The van der Waals surface area contributed by atoms with Crippen molar-refractivity contribution in [3.63, 3.8) is 0 Å². The minimum Gasteiger partial charge on any atom is -0.356 e. The highest BCUT2D eigenvalue weighted by Crippen LogP contribution is 2.25. The minimum absolute atomic E-state index is 0.139. The van der Waals surface area contributed by atoms with Crippen LogP contribution in [0.2, 0.25) is 5.02 Å². The normalized spacial score (nSPS) is 25.8. The van der Waals surface area contributed by atoms with Crippen molar-refractivity contribution in [2.45, 2.75) is 44.7 Å². The van der Waals surface area contributed by atoms with Crippen LogP contribution in [0.4, 0.5) is 0 Å². The van der Waals surface area contributed by atoms with Gasteiger partial charge in [-0.15, -0.1) is 0 Å². The van der Waals surface area contributed by atoms with E-state index in [1.165, 1.54) is 5.56 Å². The zero-order chi connectivity index (χ0) is 16.9. The smallest absolute Gasteiger partial charge is 0.223 e. The number of hydrogen-bond donors (Lipinski definition) is 2. The van der Waals surface area contributed by atoms with E-state index in [9.17, 15) is 4.79 Å². The zero-order valence-corrected chi connectivity index (χ0v) is 15.0. The van der Waals surface area contributed by atoms with E-state index in [1.54, 1.807) is 0 Å². The fourth-order valence-corrected chi connectivity index (χ4v) is 4.06. The Kier molecular flexibility index (Phi) is 6.14. The van der Waals surface area contributed by atoms with Gasteiger partial charge in [0.15, 0.2) is 0 Å². The molecule has 2 aliphatic rings. The summed E-state index contributed by atoms with van der Waals surface area (Å²) in [5.74, 6) is 0.938. The number of hydrogen-bond acceptors (Lipinski definition) is 3. The van der Waals surface area contributed by atoms with Gasteiger partial charge in [0.25, 0.3) is 0 Å². The van der Waals surface area contributed by atoms with Gasteiger partial charge in [0.1, 0.15) is 0 Å². The Bertz CT molecular complexity index is 557. The molecule has 0 spiro atoms. The molecule has 2 atom stereocenters. The lowest BCUT2D eigenvalue weighted by molar-refractivity contribution is -0.125. The quantitative estimate of drug-likeness (QED) is 0.859. The number of nitrogens with two attached hydrogens (primary N) is 1. The van der Waals surface area contributed by atoms with E-state index in [4.69, 9.17) is 17.3 Å². The first-order valence-electron chi connectivity index (χ1n) is 9.11. The van der Waals surface area contributed by atoms with Crippen LogP contribution >= 0.6 is 11.6 Å². The predicted molar refractivity (Wildman–Crippen MR) is 97.8 cm³/mol. The molecule has 3 N–H and O–H groups in total. The Balaban J connectivity index is 1.38. The van der Waals surface area contributed by atoms with E-state index in [-0.39, 0.29) is 17.9 Å². The van der Waals surface area contributed by atoms with Gasteiger partial charge in [0, 0.05) is 30.1 Å². The van der Waals surface area contributed by atoms with Crippen molar-refractivity contribution in [2.75, 3.05) is 19.6 Å². The maximum Gasteiger partial charge on any atom is 0.223 e. The molecular weight excluding hydrogens is 322 g/mol. The second kappa shape index (κ2) is 8.32. The van der Waals surface area contributed by atoms with Crippen LogP contribution in [-0.2, 0) is 11.3 Å². The molecular formula is C19H28ClN3O. The highest BCUT2D eigenvalue weighted by Gasteiger charge is 2.28. The average molecular weight is 350 g/mol. The summed E-state index contributed by atoms with van der Waals surface area (Å²) in [7, 11) is 0. The number of carbonyl (C=O) groups excluding carboxylic acids is 1. The van der Waals surface area contributed by atoms with Crippen LogP contribution in [0.15, 0.2) is 24.3 Å². The summed E-state index contributed by atoms with van der Waals surface area (Å²) in [4.78, 5) is 14.6. The Morgan fingerprint density at radius 3 is 2.62 bits per heavy atom. The summed E-state index contributed by atoms with van der Waals surface area (Å²) >= 11 is 6.25. The second-order valence-electron chi connectivity index (χ2n) is 7.33. The summed E-state index contributed by atoms with van der Waals surface area (Å²) in [6.45, 7) is 3.86. The van der Waals surface area contributed by atoms with Gasteiger partial charge in [0.2, 0.25) is 5.91 Å². The number of nitrogens with one attached hydrogen (secondary N) is 1. The first-order valence-corrected chi connectivity index (χ1v) is 9.48. The third-order valence-corrected chi connectivity index (χ3v) is 5.84. The van der Waals surface area contributed by atoms with Crippen LogP contribution in [0.3, 0.4) is 0 Å². The lowest BCUT2D eigenvalue weighted by atomic mass is 9.96. The summed E-state index contributed by atoms with van der Waals surface area (Å²) in [6.07, 6.45) is 5.05. The molecule has 1 aromatic carbocycles. The van der Waals surface area contributed by atoms with Gasteiger partial charge in [-0.1, -0.05) is 29.8 Å². The molecule has 24 heavy (non-hydrogen) atoms. The lowest BCUT2D eigenvalue weighted by Crippen LogP contribution is -2.39. The zero-order valence-electron chi connectivity index (χ0n) is 14.2. The predicted octanol–water partition coefficient (Wildman–Crippen LogP) is 2.80. The van der Waals surface area contributed by atoms with Crippen molar-refractivity contribution in [1.82, 2.24) is 10.2 Å². The fraction of sp³-hybridized carbons (Fsp3) is 0.632. The van der Waals surface area contributed by atoms with Crippen molar-refractivity contribution >= 4 is 17.5 Å². The largest absolute Gasteiger partial charge is 0.356 e. The van der Waals surface area contributed by atoms with Gasteiger partial charge in [-0.25, -0.2) is 0 Å². The molecule has 2 fully saturated rings. The number of nitrogens with zero attached hydrogens (tertiary/aromatic N) is 1. The van der Waals surface area contributed by atoms with Gasteiger partial charge < -0.3 is 11.1 Å². The summed E-state index contributed by atoms with van der Waals surface area (Å²) in [5.41, 5.74) is 7.09. The van der Waals surface area contributed by atoms with E-state index < -0.39 is 0 Å². The van der Waals surface area contributed by atoms with Crippen molar-refractivity contribution < 1.29 is 4.79 Å². The highest BCUT2D eigenvalue weighted by atomic mass is 35.5. The third-order valence-electron chi connectivity index (χ3n) is 5.47. The van der Waals surface area contributed by atoms with E-state index in [1.807, 2.05) is 18.2 Å². The molecule has 4 nitrogen and oxygen atoms in total. The van der Waals surface area contributed by atoms with Crippen LogP contribution in [0, 0.1) is 11.8 Å². The monoisotopic (exact) mass is 349 g/mol. The molecule has 1 aromatic rings. The fourth-order valence-electron chi connectivity index (χ4n) is 3.86. The number of likely N-dealkylation sites (tertiary alicyclic amines) is 1.